The first kappa shape index (κ1) is 21.3. The fraction of sp³-hybridized carbons (Fsp3) is 1.00. The van der Waals surface area contributed by atoms with Crippen LogP contribution in [0.5, 0.6) is 0 Å². The number of hydrogen-bond acceptors (Lipinski definition) is 2. The molecule has 0 radical (unpaired) electrons. The van der Waals surface area contributed by atoms with Gasteiger partial charge < -0.3 is 9.47 Å². The Balaban J connectivity index is 4.83. The molecule has 0 rings (SSSR count). The van der Waals surface area contributed by atoms with Crippen LogP contribution in [0.4, 0.5) is 8.78 Å². The van der Waals surface area contributed by atoms with Gasteiger partial charge in [0.15, 0.2) is 13.3 Å². The molecule has 0 aliphatic heterocycles. The monoisotopic (exact) mass is 324 g/mol. The van der Waals surface area contributed by atoms with Gasteiger partial charge in [0.25, 0.3) is 0 Å². The van der Waals surface area contributed by atoms with E-state index in [1.165, 1.54) is 7.85 Å². The van der Waals surface area contributed by atoms with Gasteiger partial charge in [-0.05, 0) is 31.6 Å². The average Bonchev–Trinajstić information content (AvgIpc) is 2.27. The predicted molar refractivity (Wildman–Crippen MR) is 91.1 cm³/mol. The number of alkyl halides is 2. The third kappa shape index (κ3) is 5.15. The average molecular weight is 324 g/mol. The summed E-state index contributed by atoms with van der Waals surface area (Å²) in [5.41, 5.74) is -3.26. The Bertz CT molecular complexity index is 332. The Labute approximate surface area is 132 Å². The fourth-order valence-electron chi connectivity index (χ4n) is 2.27. The predicted octanol–water partition coefficient (Wildman–Crippen LogP) is 3.34. The van der Waals surface area contributed by atoms with Crippen LogP contribution in [0.2, 0.25) is 0 Å². The Morgan fingerprint density at radius 1 is 1.14 bits per heavy atom. The number of methoxy groups -OCH3 is 1. The minimum atomic E-state index is -1.98. The maximum absolute atomic E-state index is 15.2. The number of hydrogen-bond donors (Lipinski definition) is 0. The lowest BCUT2D eigenvalue weighted by atomic mass is 9.58. The van der Waals surface area contributed by atoms with Crippen LogP contribution in [0.1, 0.15) is 48.0 Å². The molecular weight excluding hydrogens is 292 g/mol. The first-order chi connectivity index (χ1) is 9.21. The minimum absolute atomic E-state index is 0.363. The SMILES string of the molecule is BC(F)(C(C)(C)CCOC(C)(C)COC)C(F)(P)C(C)C. The first-order valence-electron chi connectivity index (χ1n) is 7.51. The Morgan fingerprint density at radius 3 is 2.00 bits per heavy atom. The molecular formula is C15H32BF2O2P. The lowest BCUT2D eigenvalue weighted by molar-refractivity contribution is -0.0894. The van der Waals surface area contributed by atoms with Crippen molar-refractivity contribution in [1.29, 1.82) is 0 Å². The molecule has 2 nitrogen and oxygen atoms in total. The van der Waals surface area contributed by atoms with Crippen LogP contribution >= 0.6 is 9.24 Å². The standard InChI is InChI=1S/C15H32BF2O2P/c1-11(2)14(17,21)15(16,18)12(3,4)8-9-20-13(5,6)10-19-7/h11H,8-10,16,21H2,1-7H3. The normalized spacial score (nSPS) is 19.4. The maximum Gasteiger partial charge on any atom is 0.155 e. The molecule has 0 aliphatic rings. The summed E-state index contributed by atoms with van der Waals surface area (Å²) < 4.78 is 40.8. The van der Waals surface area contributed by atoms with Gasteiger partial charge in [-0.15, -0.1) is 0 Å². The van der Waals surface area contributed by atoms with E-state index in [4.69, 9.17) is 9.47 Å². The summed E-state index contributed by atoms with van der Waals surface area (Å²) in [4.78, 5) is 0. The van der Waals surface area contributed by atoms with E-state index in [9.17, 15) is 4.39 Å². The van der Waals surface area contributed by atoms with E-state index >= 15 is 4.39 Å². The van der Waals surface area contributed by atoms with E-state index in [2.05, 4.69) is 9.24 Å². The van der Waals surface area contributed by atoms with Crippen LogP contribution in [0, 0.1) is 11.3 Å². The second-order valence-electron chi connectivity index (χ2n) is 7.60. The molecule has 0 aromatic carbocycles. The Hall–Kier alpha value is 0.275. The molecule has 21 heavy (non-hydrogen) atoms. The van der Waals surface area contributed by atoms with Gasteiger partial charge in [-0.3, -0.25) is 0 Å². The number of ether oxygens (including phenoxy) is 2. The van der Waals surface area contributed by atoms with Gasteiger partial charge in [0.2, 0.25) is 0 Å². The number of halogens is 2. The first-order valence-corrected chi connectivity index (χ1v) is 8.08. The van der Waals surface area contributed by atoms with E-state index in [1.807, 2.05) is 13.8 Å². The van der Waals surface area contributed by atoms with Gasteiger partial charge in [0, 0.05) is 13.7 Å². The molecule has 126 valence electrons. The van der Waals surface area contributed by atoms with Crippen LogP contribution in [-0.2, 0) is 9.47 Å². The van der Waals surface area contributed by atoms with E-state index in [0.29, 0.717) is 19.6 Å². The summed E-state index contributed by atoms with van der Waals surface area (Å²) in [7, 11) is 5.03. The summed E-state index contributed by atoms with van der Waals surface area (Å²) in [5.74, 6) is -0.428. The van der Waals surface area contributed by atoms with Gasteiger partial charge in [-0.2, -0.15) is 0 Å². The summed E-state index contributed by atoms with van der Waals surface area (Å²) >= 11 is 0. The van der Waals surface area contributed by atoms with Crippen molar-refractivity contribution < 1.29 is 18.3 Å². The molecule has 0 spiro atoms. The van der Waals surface area contributed by atoms with E-state index in [0.717, 1.165) is 0 Å². The summed E-state index contributed by atoms with van der Waals surface area (Å²) in [6, 6.07) is 0. The highest BCUT2D eigenvalue weighted by Gasteiger charge is 2.56. The van der Waals surface area contributed by atoms with Gasteiger partial charge in [0.05, 0.1) is 12.2 Å². The molecule has 3 unspecified atom stereocenters. The second kappa shape index (κ2) is 7.23. The highest BCUT2D eigenvalue weighted by molar-refractivity contribution is 7.19. The van der Waals surface area contributed by atoms with E-state index in [-0.39, 0.29) is 0 Å². The summed E-state index contributed by atoms with van der Waals surface area (Å²) in [6.45, 7) is 11.5. The van der Waals surface area contributed by atoms with Crippen LogP contribution in [0.25, 0.3) is 0 Å². The quantitative estimate of drug-likeness (QED) is 0.478. The van der Waals surface area contributed by atoms with E-state index in [1.54, 1.807) is 34.8 Å². The van der Waals surface area contributed by atoms with E-state index < -0.39 is 27.9 Å². The molecule has 6 heteroatoms. The van der Waals surface area contributed by atoms with Crippen LogP contribution in [0.3, 0.4) is 0 Å². The highest BCUT2D eigenvalue weighted by Crippen LogP contribution is 2.51. The zero-order valence-electron chi connectivity index (χ0n) is 14.8. The van der Waals surface area contributed by atoms with Crippen molar-refractivity contribution in [3.05, 3.63) is 0 Å². The zero-order valence-corrected chi connectivity index (χ0v) is 16.0. The van der Waals surface area contributed by atoms with Crippen molar-refractivity contribution in [1.82, 2.24) is 0 Å². The molecule has 0 fully saturated rings. The van der Waals surface area contributed by atoms with Crippen molar-refractivity contribution in [3.63, 3.8) is 0 Å². The fourth-order valence-corrected chi connectivity index (χ4v) is 2.66. The third-order valence-electron chi connectivity index (χ3n) is 4.54. The Kier molecular flexibility index (Phi) is 7.33. The smallest absolute Gasteiger partial charge is 0.155 e. The molecule has 0 heterocycles. The Morgan fingerprint density at radius 2 is 1.62 bits per heavy atom. The van der Waals surface area contributed by atoms with Crippen LogP contribution in [-0.4, -0.2) is 44.7 Å². The molecule has 0 bridgehead atoms. The second-order valence-corrected chi connectivity index (χ2v) is 8.44. The van der Waals surface area contributed by atoms with Gasteiger partial charge in [0.1, 0.15) is 5.57 Å². The van der Waals surface area contributed by atoms with Gasteiger partial charge >= 0.3 is 0 Å². The van der Waals surface area contributed by atoms with Gasteiger partial charge in [-0.1, -0.05) is 36.9 Å². The van der Waals surface area contributed by atoms with Crippen molar-refractivity contribution >= 4 is 17.1 Å². The number of rotatable bonds is 9. The molecule has 0 aromatic heterocycles. The lowest BCUT2D eigenvalue weighted by Crippen LogP contribution is -2.57. The molecule has 0 aromatic rings. The van der Waals surface area contributed by atoms with Crippen LogP contribution < -0.4 is 0 Å². The molecule has 0 N–H and O–H groups in total. The molecule has 0 saturated carbocycles. The molecule has 3 atom stereocenters. The minimum Gasteiger partial charge on any atom is -0.382 e. The topological polar surface area (TPSA) is 18.5 Å². The lowest BCUT2D eigenvalue weighted by Gasteiger charge is -2.47. The maximum atomic E-state index is 15.2. The largest absolute Gasteiger partial charge is 0.382 e. The van der Waals surface area contributed by atoms with Crippen molar-refractivity contribution in [2.75, 3.05) is 20.3 Å². The molecule has 0 aliphatic carbocycles. The van der Waals surface area contributed by atoms with Gasteiger partial charge in [-0.25, -0.2) is 8.78 Å². The third-order valence-corrected chi connectivity index (χ3v) is 5.75. The van der Waals surface area contributed by atoms with Crippen molar-refractivity contribution in [3.8, 4) is 0 Å². The van der Waals surface area contributed by atoms with Crippen molar-refractivity contribution in [2.24, 2.45) is 11.3 Å². The highest BCUT2D eigenvalue weighted by atomic mass is 31.0. The summed E-state index contributed by atoms with van der Waals surface area (Å²) in [5, 5.41) is -1.97. The molecule has 0 amide bonds. The van der Waals surface area contributed by atoms with Crippen LogP contribution in [0.15, 0.2) is 0 Å². The zero-order chi connectivity index (χ0) is 17.1. The van der Waals surface area contributed by atoms with Crippen molar-refractivity contribution in [2.45, 2.75) is 64.5 Å². The molecule has 0 saturated heterocycles. The summed E-state index contributed by atoms with van der Waals surface area (Å²) in [6.07, 6.45) is 0.430.